The van der Waals surface area contributed by atoms with E-state index in [4.69, 9.17) is 4.55 Å². The van der Waals surface area contributed by atoms with Crippen LogP contribution in [0.1, 0.15) is 5.56 Å². The largest absolute Gasteiger partial charge is 0.508 e. The molecule has 6 heteroatoms. The quantitative estimate of drug-likeness (QED) is 0.616. The van der Waals surface area contributed by atoms with Crippen LogP contribution in [0.5, 0.6) is 5.75 Å². The highest BCUT2D eigenvalue weighted by molar-refractivity contribution is 7.83. The van der Waals surface area contributed by atoms with Gasteiger partial charge in [0.2, 0.25) is 0 Å². The number of hydrogen-bond donors (Lipinski definition) is 3. The lowest BCUT2D eigenvalue weighted by Gasteiger charge is -2.03. The first-order valence-electron chi connectivity index (χ1n) is 3.48. The molecular weight excluding hydrogens is 194 g/mol. The van der Waals surface area contributed by atoms with Crippen LogP contribution in [0, 0.1) is 0 Å². The molecule has 0 fully saturated rings. The fourth-order valence-electron chi connectivity index (χ4n) is 0.829. The molecule has 0 atom stereocenters. The summed E-state index contributed by atoms with van der Waals surface area (Å²) in [7, 11) is -4.20. The molecule has 5 nitrogen and oxygen atoms in total. The van der Waals surface area contributed by atoms with Crippen LogP contribution in [0.15, 0.2) is 24.3 Å². The van der Waals surface area contributed by atoms with Crippen LogP contribution < -0.4 is 4.72 Å². The van der Waals surface area contributed by atoms with Gasteiger partial charge in [-0.15, -0.1) is 0 Å². The smallest absolute Gasteiger partial charge is 0.333 e. The second-order valence-corrected chi connectivity index (χ2v) is 3.66. The number of para-hydroxylation sites is 1. The molecule has 13 heavy (non-hydrogen) atoms. The summed E-state index contributed by atoms with van der Waals surface area (Å²) >= 11 is 0. The molecule has 0 saturated heterocycles. The zero-order valence-corrected chi connectivity index (χ0v) is 7.45. The molecule has 0 radical (unpaired) electrons. The minimum Gasteiger partial charge on any atom is -0.508 e. The van der Waals surface area contributed by atoms with E-state index in [0.717, 1.165) is 0 Å². The van der Waals surface area contributed by atoms with E-state index in [1.807, 2.05) is 4.72 Å². The van der Waals surface area contributed by atoms with E-state index in [2.05, 4.69) is 0 Å². The SMILES string of the molecule is O=S(=O)(O)NCc1ccccc1O. The third-order valence-corrected chi connectivity index (χ3v) is 1.95. The Labute approximate surface area is 75.9 Å². The average Bonchev–Trinajstić information content (AvgIpc) is 2.01. The molecule has 0 spiro atoms. The highest BCUT2D eigenvalue weighted by Crippen LogP contribution is 2.14. The van der Waals surface area contributed by atoms with Crippen LogP contribution in [0.4, 0.5) is 0 Å². The van der Waals surface area contributed by atoms with Crippen LogP contribution >= 0.6 is 0 Å². The summed E-state index contributed by atoms with van der Waals surface area (Å²) in [5.41, 5.74) is 0.403. The molecular formula is C7H9NO4S. The summed E-state index contributed by atoms with van der Waals surface area (Å²) in [6.45, 7) is -0.133. The molecule has 0 saturated carbocycles. The van der Waals surface area contributed by atoms with Crippen molar-refractivity contribution in [3.05, 3.63) is 29.8 Å². The lowest BCUT2D eigenvalue weighted by Crippen LogP contribution is -2.21. The van der Waals surface area contributed by atoms with Crippen molar-refractivity contribution < 1.29 is 18.1 Å². The molecule has 0 unspecified atom stereocenters. The van der Waals surface area contributed by atoms with Gasteiger partial charge in [0, 0.05) is 12.1 Å². The van der Waals surface area contributed by atoms with Crippen molar-refractivity contribution in [1.82, 2.24) is 4.72 Å². The van der Waals surface area contributed by atoms with E-state index in [0.29, 0.717) is 5.56 Å². The molecule has 0 amide bonds. The Hall–Kier alpha value is -1.11. The van der Waals surface area contributed by atoms with Crippen LogP contribution in [-0.2, 0) is 16.8 Å². The van der Waals surface area contributed by atoms with Crippen molar-refractivity contribution in [2.45, 2.75) is 6.54 Å². The van der Waals surface area contributed by atoms with Gasteiger partial charge in [0.05, 0.1) is 0 Å². The second-order valence-electron chi connectivity index (χ2n) is 2.42. The van der Waals surface area contributed by atoms with Gasteiger partial charge in [-0.3, -0.25) is 4.55 Å². The summed E-state index contributed by atoms with van der Waals surface area (Å²) in [5.74, 6) is -0.0151. The maximum Gasteiger partial charge on any atom is 0.333 e. The van der Waals surface area contributed by atoms with Gasteiger partial charge >= 0.3 is 10.3 Å². The van der Waals surface area contributed by atoms with Gasteiger partial charge in [0.15, 0.2) is 0 Å². The minimum absolute atomic E-state index is 0.0151. The van der Waals surface area contributed by atoms with Gasteiger partial charge in [-0.1, -0.05) is 18.2 Å². The number of aromatic hydroxyl groups is 1. The maximum atomic E-state index is 10.3. The van der Waals surface area contributed by atoms with Gasteiger partial charge in [0.25, 0.3) is 0 Å². The fourth-order valence-corrected chi connectivity index (χ4v) is 1.17. The number of hydrogen-bond acceptors (Lipinski definition) is 3. The molecule has 1 aromatic rings. The second kappa shape index (κ2) is 3.73. The van der Waals surface area contributed by atoms with Crippen LogP contribution in [0.2, 0.25) is 0 Å². The van der Waals surface area contributed by atoms with Crippen molar-refractivity contribution in [3.8, 4) is 5.75 Å². The van der Waals surface area contributed by atoms with Crippen molar-refractivity contribution >= 4 is 10.3 Å². The number of phenolic OH excluding ortho intramolecular Hbond substituents is 1. The summed E-state index contributed by atoms with van der Waals surface area (Å²) in [6, 6.07) is 6.25. The van der Waals surface area contributed by atoms with Crippen molar-refractivity contribution in [2.75, 3.05) is 0 Å². The summed E-state index contributed by atoms with van der Waals surface area (Å²) in [4.78, 5) is 0. The number of benzene rings is 1. The molecule has 0 aromatic heterocycles. The topological polar surface area (TPSA) is 86.6 Å². The van der Waals surface area contributed by atoms with E-state index in [1.54, 1.807) is 18.2 Å². The Morgan fingerprint density at radius 3 is 2.46 bits per heavy atom. The number of nitrogens with one attached hydrogen (secondary N) is 1. The zero-order chi connectivity index (χ0) is 9.90. The lowest BCUT2D eigenvalue weighted by atomic mass is 10.2. The van der Waals surface area contributed by atoms with E-state index in [9.17, 15) is 13.5 Å². The van der Waals surface area contributed by atoms with Gasteiger partial charge < -0.3 is 5.11 Å². The van der Waals surface area contributed by atoms with Crippen LogP contribution in [0.25, 0.3) is 0 Å². The van der Waals surface area contributed by atoms with Crippen molar-refractivity contribution in [3.63, 3.8) is 0 Å². The Balaban J connectivity index is 2.71. The number of phenols is 1. The van der Waals surface area contributed by atoms with Crippen molar-refractivity contribution in [1.29, 1.82) is 0 Å². The summed E-state index contributed by atoms with van der Waals surface area (Å²) in [6.07, 6.45) is 0. The third-order valence-electron chi connectivity index (χ3n) is 1.44. The minimum atomic E-state index is -4.20. The molecule has 72 valence electrons. The van der Waals surface area contributed by atoms with E-state index in [1.165, 1.54) is 6.07 Å². The predicted molar refractivity (Wildman–Crippen MR) is 46.5 cm³/mol. The molecule has 1 aromatic carbocycles. The molecule has 3 N–H and O–H groups in total. The molecule has 0 aliphatic rings. The van der Waals surface area contributed by atoms with Gasteiger partial charge in [0.1, 0.15) is 5.75 Å². The normalized spacial score (nSPS) is 11.5. The molecule has 0 aliphatic heterocycles. The van der Waals surface area contributed by atoms with Gasteiger partial charge in [-0.05, 0) is 6.07 Å². The molecule has 0 bridgehead atoms. The molecule has 0 aliphatic carbocycles. The van der Waals surface area contributed by atoms with Crippen molar-refractivity contribution in [2.24, 2.45) is 0 Å². The maximum absolute atomic E-state index is 10.3. The number of rotatable bonds is 3. The molecule has 0 heterocycles. The summed E-state index contributed by atoms with van der Waals surface area (Å²) < 4.78 is 30.8. The third kappa shape index (κ3) is 3.41. The van der Waals surface area contributed by atoms with Crippen LogP contribution in [-0.4, -0.2) is 18.1 Å². The first-order chi connectivity index (χ1) is 5.99. The summed E-state index contributed by atoms with van der Waals surface area (Å²) in [5, 5.41) is 9.19. The van der Waals surface area contributed by atoms with E-state index >= 15 is 0 Å². The monoisotopic (exact) mass is 203 g/mol. The van der Waals surface area contributed by atoms with Gasteiger partial charge in [-0.2, -0.15) is 13.1 Å². The Bertz CT molecular complexity index is 387. The first kappa shape index (κ1) is 9.97. The Kier molecular flexibility index (Phi) is 2.86. The zero-order valence-electron chi connectivity index (χ0n) is 6.64. The highest BCUT2D eigenvalue weighted by atomic mass is 32.2. The fraction of sp³-hybridized carbons (Fsp3) is 0.143. The average molecular weight is 203 g/mol. The Morgan fingerprint density at radius 1 is 1.31 bits per heavy atom. The molecule has 1 rings (SSSR count). The highest BCUT2D eigenvalue weighted by Gasteiger charge is 2.04. The standard InChI is InChI=1S/C7H9NO4S/c9-7-4-2-1-3-6(7)5-8-13(10,11)12/h1-4,8-9H,5H2,(H,10,11,12). The lowest BCUT2D eigenvalue weighted by molar-refractivity contribution is 0.457. The van der Waals surface area contributed by atoms with E-state index < -0.39 is 10.3 Å². The Morgan fingerprint density at radius 2 is 1.92 bits per heavy atom. The van der Waals surface area contributed by atoms with Gasteiger partial charge in [-0.25, -0.2) is 0 Å². The van der Waals surface area contributed by atoms with Crippen LogP contribution in [0.3, 0.4) is 0 Å². The first-order valence-corrected chi connectivity index (χ1v) is 4.92. The predicted octanol–water partition coefficient (Wildman–Crippen LogP) is 0.285. The van der Waals surface area contributed by atoms with E-state index in [-0.39, 0.29) is 12.3 Å².